The van der Waals surface area contributed by atoms with Crippen LogP contribution in [0.4, 0.5) is 0 Å². The number of aryl methyl sites for hydroxylation is 1. The number of aromatic nitrogens is 1. The molecule has 1 saturated heterocycles. The van der Waals surface area contributed by atoms with Gasteiger partial charge in [-0.3, -0.25) is 14.7 Å². The van der Waals surface area contributed by atoms with Gasteiger partial charge in [-0.2, -0.15) is 0 Å². The van der Waals surface area contributed by atoms with Crippen LogP contribution in [0.1, 0.15) is 23.2 Å². The van der Waals surface area contributed by atoms with Crippen molar-refractivity contribution >= 4 is 16.9 Å². The Morgan fingerprint density at radius 3 is 2.66 bits per heavy atom. The third-order valence-corrected chi connectivity index (χ3v) is 6.22. The lowest BCUT2D eigenvalue weighted by Crippen LogP contribution is -2.49. The molecule has 7 heteroatoms. The molecule has 0 spiro atoms. The van der Waals surface area contributed by atoms with E-state index in [1.165, 1.54) is 0 Å². The van der Waals surface area contributed by atoms with E-state index in [2.05, 4.69) is 9.88 Å². The molecule has 168 valence electrons. The predicted octanol–water partition coefficient (Wildman–Crippen LogP) is 2.82. The first-order valence-electron chi connectivity index (χ1n) is 11.1. The molecule has 1 fully saturated rings. The van der Waals surface area contributed by atoms with Gasteiger partial charge in [0.05, 0.1) is 7.11 Å². The van der Waals surface area contributed by atoms with E-state index >= 15 is 0 Å². The van der Waals surface area contributed by atoms with Gasteiger partial charge in [0.25, 0.3) is 0 Å². The highest BCUT2D eigenvalue weighted by atomic mass is 16.5. The van der Waals surface area contributed by atoms with Crippen molar-refractivity contribution in [2.75, 3.05) is 39.8 Å². The lowest BCUT2D eigenvalue weighted by molar-refractivity contribution is -0.132. The highest BCUT2D eigenvalue weighted by Crippen LogP contribution is 2.24. The maximum absolute atomic E-state index is 12.8. The van der Waals surface area contributed by atoms with Crippen LogP contribution in [0.2, 0.25) is 0 Å². The second-order valence-electron chi connectivity index (χ2n) is 8.15. The third kappa shape index (κ3) is 4.99. The van der Waals surface area contributed by atoms with Gasteiger partial charge in [-0.05, 0) is 43.2 Å². The molecule has 3 heterocycles. The summed E-state index contributed by atoms with van der Waals surface area (Å²) in [5, 5.41) is 0.870. The molecule has 7 nitrogen and oxygen atoms in total. The second kappa shape index (κ2) is 9.96. The fraction of sp³-hybridized carbons (Fsp3) is 0.400. The van der Waals surface area contributed by atoms with E-state index < -0.39 is 0 Å². The summed E-state index contributed by atoms with van der Waals surface area (Å²) in [5.74, 6) is 0.727. The van der Waals surface area contributed by atoms with Crippen molar-refractivity contribution in [1.29, 1.82) is 0 Å². The van der Waals surface area contributed by atoms with E-state index in [0.29, 0.717) is 42.8 Å². The number of piperazine rings is 1. The zero-order valence-electron chi connectivity index (χ0n) is 18.7. The minimum Gasteiger partial charge on any atom is -0.497 e. The van der Waals surface area contributed by atoms with E-state index in [4.69, 9.17) is 9.15 Å². The topological polar surface area (TPSA) is 75.9 Å². The Morgan fingerprint density at radius 1 is 1.12 bits per heavy atom. The number of benzene rings is 1. The predicted molar refractivity (Wildman–Crippen MR) is 123 cm³/mol. The first-order valence-corrected chi connectivity index (χ1v) is 11.1. The maximum atomic E-state index is 12.8. The second-order valence-corrected chi connectivity index (χ2v) is 8.15. The Hall–Kier alpha value is -3.19. The molecule has 1 aromatic carbocycles. The summed E-state index contributed by atoms with van der Waals surface area (Å²) in [5.41, 5.74) is 2.66. The van der Waals surface area contributed by atoms with Gasteiger partial charge in [0.1, 0.15) is 11.3 Å². The molecule has 0 radical (unpaired) electrons. The molecule has 0 N–H and O–H groups in total. The highest BCUT2D eigenvalue weighted by molar-refractivity contribution is 5.82. The number of hydrogen-bond acceptors (Lipinski definition) is 6. The van der Waals surface area contributed by atoms with Crippen molar-refractivity contribution in [3.05, 3.63) is 69.8 Å². The average molecular weight is 436 g/mol. The first-order chi connectivity index (χ1) is 15.5. The van der Waals surface area contributed by atoms with E-state index in [1.54, 1.807) is 13.2 Å². The molecule has 0 bridgehead atoms. The minimum absolute atomic E-state index is 0.0861. The standard InChI is InChI=1S/C25H29N3O4/c1-18-21-7-6-20(31-2)17-23(21)32-25(30)22(18)8-9-24(29)28-15-13-27(14-16-28)12-10-19-5-3-4-11-26-19/h3-7,11,17H,8-10,12-16H2,1-2H3. The number of carbonyl (C=O) groups is 1. The lowest BCUT2D eigenvalue weighted by atomic mass is 10.0. The normalized spacial score (nSPS) is 14.6. The average Bonchev–Trinajstić information content (AvgIpc) is 2.83. The van der Waals surface area contributed by atoms with Gasteiger partial charge >= 0.3 is 5.63 Å². The number of ether oxygens (including phenoxy) is 1. The zero-order chi connectivity index (χ0) is 22.5. The number of fused-ring (bicyclic) bond motifs is 1. The molecular weight excluding hydrogens is 406 g/mol. The van der Waals surface area contributed by atoms with Crippen LogP contribution in [0.15, 0.2) is 51.8 Å². The van der Waals surface area contributed by atoms with E-state index in [0.717, 1.165) is 42.7 Å². The van der Waals surface area contributed by atoms with Crippen LogP contribution in [0, 0.1) is 6.92 Å². The first kappa shape index (κ1) is 22.0. The van der Waals surface area contributed by atoms with Gasteiger partial charge in [-0.1, -0.05) is 6.07 Å². The van der Waals surface area contributed by atoms with Crippen molar-refractivity contribution in [3.63, 3.8) is 0 Å². The largest absolute Gasteiger partial charge is 0.497 e. The molecule has 0 atom stereocenters. The molecule has 2 aromatic heterocycles. The van der Waals surface area contributed by atoms with E-state index in [1.807, 2.05) is 48.4 Å². The highest BCUT2D eigenvalue weighted by Gasteiger charge is 2.22. The molecule has 0 unspecified atom stereocenters. The summed E-state index contributed by atoms with van der Waals surface area (Å²) in [6.45, 7) is 6.00. The summed E-state index contributed by atoms with van der Waals surface area (Å²) in [6, 6.07) is 11.4. The maximum Gasteiger partial charge on any atom is 0.339 e. The van der Waals surface area contributed by atoms with Crippen LogP contribution < -0.4 is 10.4 Å². The van der Waals surface area contributed by atoms with Crippen LogP contribution in [0.25, 0.3) is 11.0 Å². The van der Waals surface area contributed by atoms with Crippen molar-refractivity contribution in [3.8, 4) is 5.75 Å². The number of nitrogens with zero attached hydrogens (tertiary/aromatic N) is 3. The van der Waals surface area contributed by atoms with Crippen LogP contribution in [0.5, 0.6) is 5.75 Å². The molecule has 1 aliphatic rings. The number of hydrogen-bond donors (Lipinski definition) is 0. The number of rotatable bonds is 7. The molecule has 1 amide bonds. The van der Waals surface area contributed by atoms with Crippen LogP contribution in [-0.4, -0.2) is 60.5 Å². The molecule has 0 aliphatic carbocycles. The number of amides is 1. The van der Waals surface area contributed by atoms with Gasteiger partial charge in [-0.25, -0.2) is 4.79 Å². The van der Waals surface area contributed by atoms with Crippen LogP contribution in [-0.2, 0) is 17.6 Å². The Labute approximate surface area is 187 Å². The van der Waals surface area contributed by atoms with E-state index in [9.17, 15) is 9.59 Å². The Balaban J connectivity index is 1.31. The third-order valence-electron chi connectivity index (χ3n) is 6.22. The SMILES string of the molecule is COc1ccc2c(C)c(CCC(=O)N3CCN(CCc4ccccn4)CC3)c(=O)oc2c1. The van der Waals surface area contributed by atoms with Crippen molar-refractivity contribution in [2.45, 2.75) is 26.2 Å². The molecule has 4 rings (SSSR count). The Kier molecular flexibility index (Phi) is 6.85. The minimum atomic E-state index is -0.379. The molecule has 3 aromatic rings. The van der Waals surface area contributed by atoms with Crippen molar-refractivity contribution < 1.29 is 13.9 Å². The number of carbonyl (C=O) groups excluding carboxylic acids is 1. The summed E-state index contributed by atoms with van der Waals surface area (Å²) < 4.78 is 10.7. The number of pyridine rings is 1. The molecule has 32 heavy (non-hydrogen) atoms. The van der Waals surface area contributed by atoms with Crippen molar-refractivity contribution in [1.82, 2.24) is 14.8 Å². The summed E-state index contributed by atoms with van der Waals surface area (Å²) in [7, 11) is 1.58. The van der Waals surface area contributed by atoms with Gasteiger partial charge < -0.3 is 14.1 Å². The molecular formula is C25H29N3O4. The van der Waals surface area contributed by atoms with Gasteiger partial charge in [0, 0.05) is 74.5 Å². The Morgan fingerprint density at radius 2 is 1.94 bits per heavy atom. The van der Waals surface area contributed by atoms with E-state index in [-0.39, 0.29) is 11.5 Å². The van der Waals surface area contributed by atoms with Gasteiger partial charge in [0.15, 0.2) is 0 Å². The summed E-state index contributed by atoms with van der Waals surface area (Å²) >= 11 is 0. The Bertz CT molecular complexity index is 1140. The summed E-state index contributed by atoms with van der Waals surface area (Å²) in [6.07, 6.45) is 3.42. The van der Waals surface area contributed by atoms with Crippen LogP contribution >= 0.6 is 0 Å². The van der Waals surface area contributed by atoms with Crippen molar-refractivity contribution in [2.24, 2.45) is 0 Å². The molecule has 1 aliphatic heterocycles. The van der Waals surface area contributed by atoms with Crippen LogP contribution in [0.3, 0.4) is 0 Å². The smallest absolute Gasteiger partial charge is 0.339 e. The number of methoxy groups -OCH3 is 1. The van der Waals surface area contributed by atoms with Gasteiger partial charge in [0.2, 0.25) is 5.91 Å². The quantitative estimate of drug-likeness (QED) is 0.531. The fourth-order valence-electron chi connectivity index (χ4n) is 4.22. The monoisotopic (exact) mass is 435 g/mol. The summed E-state index contributed by atoms with van der Waals surface area (Å²) in [4.78, 5) is 33.9. The van der Waals surface area contributed by atoms with Gasteiger partial charge in [-0.15, -0.1) is 0 Å². The fourth-order valence-corrected chi connectivity index (χ4v) is 4.22. The lowest BCUT2D eigenvalue weighted by Gasteiger charge is -2.34. The molecule has 0 saturated carbocycles. The zero-order valence-corrected chi connectivity index (χ0v) is 18.7.